The maximum Gasteiger partial charge on any atom is 0.416 e. The van der Waals surface area contributed by atoms with Gasteiger partial charge in [0.15, 0.2) is 0 Å². The summed E-state index contributed by atoms with van der Waals surface area (Å²) >= 11 is 2.30. The lowest BCUT2D eigenvalue weighted by Gasteiger charge is -2.32. The Balaban J connectivity index is 1.41. The van der Waals surface area contributed by atoms with Gasteiger partial charge < -0.3 is 14.4 Å². The number of aryl methyl sites for hydroxylation is 1. The lowest BCUT2D eigenvalue weighted by atomic mass is 9.71. The number of benzene rings is 2. The van der Waals surface area contributed by atoms with E-state index < -0.39 is 23.6 Å². The number of alkyl halides is 3. The quantitative estimate of drug-likeness (QED) is 0.275. The molecule has 0 saturated heterocycles. The summed E-state index contributed by atoms with van der Waals surface area (Å²) in [6.45, 7) is 6.71. The minimum atomic E-state index is -4.40. The fraction of sp³-hybridized carbons (Fsp3) is 0.500. The van der Waals surface area contributed by atoms with E-state index in [4.69, 9.17) is 4.74 Å². The molecule has 1 fully saturated rings. The molecule has 0 spiro atoms. The van der Waals surface area contributed by atoms with Gasteiger partial charge in [0.2, 0.25) is 0 Å². The molecule has 38 heavy (non-hydrogen) atoms. The van der Waals surface area contributed by atoms with Crippen LogP contribution in [-0.4, -0.2) is 15.6 Å². The van der Waals surface area contributed by atoms with Crippen molar-refractivity contribution in [3.63, 3.8) is 0 Å². The van der Waals surface area contributed by atoms with E-state index in [1.165, 1.54) is 6.07 Å². The number of carboxylic acids is 1. The van der Waals surface area contributed by atoms with Crippen molar-refractivity contribution in [1.29, 1.82) is 0 Å². The fourth-order valence-corrected chi connectivity index (χ4v) is 7.70. The molecule has 4 nitrogen and oxygen atoms in total. The van der Waals surface area contributed by atoms with E-state index in [9.17, 15) is 23.1 Å². The average Bonchev–Trinajstić information content (AvgIpc) is 3.56. The standard InChI is InChI=1S/C30H33F3INO3/c1-29(2,3)25(28(36)37)21-12-13-35-24-11-9-19(15-22(24)26(34)27(21)35)38-16-17-8-10-20(18-6-4-5-7-18)23(14-17)30(31,32)33/h8-11,14-15,18,21,25H,4-7,12-13,16H2,1-3H3,(H,36,37). The highest BCUT2D eigenvalue weighted by Gasteiger charge is 2.43. The predicted molar refractivity (Wildman–Crippen MR) is 150 cm³/mol. The Morgan fingerprint density at radius 3 is 2.45 bits per heavy atom. The Morgan fingerprint density at radius 1 is 1.11 bits per heavy atom. The number of hydrogen-bond donors (Lipinski definition) is 1. The van der Waals surface area contributed by atoms with Crippen LogP contribution in [0, 0.1) is 14.9 Å². The topological polar surface area (TPSA) is 51.5 Å². The first kappa shape index (κ1) is 27.3. The number of carbonyl (C=O) groups is 1. The molecule has 0 amide bonds. The number of aromatic nitrogens is 1. The molecule has 0 radical (unpaired) electrons. The summed E-state index contributed by atoms with van der Waals surface area (Å²) in [4.78, 5) is 12.2. The zero-order valence-electron chi connectivity index (χ0n) is 21.9. The first-order valence-electron chi connectivity index (χ1n) is 13.2. The van der Waals surface area contributed by atoms with Crippen LogP contribution in [0.3, 0.4) is 0 Å². The molecule has 1 N–H and O–H groups in total. The summed E-state index contributed by atoms with van der Waals surface area (Å²) in [5, 5.41) is 11.0. The number of hydrogen-bond acceptors (Lipinski definition) is 2. The third-order valence-corrected chi connectivity index (χ3v) is 9.38. The van der Waals surface area contributed by atoms with Gasteiger partial charge in [0, 0.05) is 32.6 Å². The summed E-state index contributed by atoms with van der Waals surface area (Å²) in [5.41, 5.74) is 2.04. The summed E-state index contributed by atoms with van der Waals surface area (Å²) in [7, 11) is 0. The second kappa shape index (κ2) is 10.1. The molecule has 1 aromatic heterocycles. The third-order valence-electron chi connectivity index (χ3n) is 8.25. The van der Waals surface area contributed by atoms with Crippen LogP contribution in [0.5, 0.6) is 5.75 Å². The lowest BCUT2D eigenvalue weighted by Crippen LogP contribution is -2.33. The molecule has 8 heteroatoms. The number of ether oxygens (including phenoxy) is 1. The Morgan fingerprint density at radius 2 is 1.82 bits per heavy atom. The number of rotatable bonds is 6. The van der Waals surface area contributed by atoms with Crippen molar-refractivity contribution in [2.45, 2.75) is 84.0 Å². The van der Waals surface area contributed by atoms with Crippen LogP contribution in [0.1, 0.15) is 87.1 Å². The Labute approximate surface area is 234 Å². The van der Waals surface area contributed by atoms with E-state index >= 15 is 0 Å². The Hall–Kier alpha value is -2.23. The van der Waals surface area contributed by atoms with Crippen molar-refractivity contribution in [2.75, 3.05) is 0 Å². The van der Waals surface area contributed by atoms with Crippen molar-refractivity contribution < 1.29 is 27.8 Å². The number of halogens is 4. The molecule has 5 rings (SSSR count). The second-order valence-corrected chi connectivity index (χ2v) is 12.9. The lowest BCUT2D eigenvalue weighted by molar-refractivity contribution is -0.146. The van der Waals surface area contributed by atoms with E-state index in [0.29, 0.717) is 16.9 Å². The first-order chi connectivity index (χ1) is 17.9. The molecule has 2 unspecified atom stereocenters. The van der Waals surface area contributed by atoms with E-state index in [2.05, 4.69) is 27.2 Å². The molecular weight excluding hydrogens is 606 g/mol. The molecule has 2 atom stereocenters. The molecule has 0 bridgehead atoms. The minimum Gasteiger partial charge on any atom is -0.489 e. The van der Waals surface area contributed by atoms with Crippen LogP contribution in [0.2, 0.25) is 0 Å². The van der Waals surface area contributed by atoms with Crippen molar-refractivity contribution in [1.82, 2.24) is 4.57 Å². The van der Waals surface area contributed by atoms with Gasteiger partial charge in [-0.1, -0.05) is 45.7 Å². The van der Waals surface area contributed by atoms with E-state index in [-0.39, 0.29) is 23.9 Å². The number of carboxylic acid groups (broad SMARTS) is 1. The van der Waals surface area contributed by atoms with Gasteiger partial charge in [-0.15, -0.1) is 0 Å². The van der Waals surface area contributed by atoms with Gasteiger partial charge in [0.25, 0.3) is 0 Å². The zero-order chi connectivity index (χ0) is 27.4. The van der Waals surface area contributed by atoms with Crippen LogP contribution < -0.4 is 4.74 Å². The maximum absolute atomic E-state index is 13.9. The predicted octanol–water partition coefficient (Wildman–Crippen LogP) is 8.74. The molecule has 1 saturated carbocycles. The monoisotopic (exact) mass is 639 g/mol. The molecule has 1 aliphatic carbocycles. The SMILES string of the molecule is CC(C)(C)C(C(=O)O)C1CCn2c1c(I)c1cc(OCc3ccc(C4CCCC4)c(C(F)(F)F)c3)ccc12. The minimum absolute atomic E-state index is 0.0225. The molecule has 2 heterocycles. The van der Waals surface area contributed by atoms with Gasteiger partial charge >= 0.3 is 12.1 Å². The van der Waals surface area contributed by atoms with Crippen molar-refractivity contribution in [2.24, 2.45) is 11.3 Å². The van der Waals surface area contributed by atoms with Crippen LogP contribution in [0.4, 0.5) is 13.2 Å². The highest BCUT2D eigenvalue weighted by Crippen LogP contribution is 2.48. The summed E-state index contributed by atoms with van der Waals surface area (Å²) in [6.07, 6.45) is -0.0391. The molecule has 1 aliphatic heterocycles. The van der Waals surface area contributed by atoms with Gasteiger partial charge in [-0.2, -0.15) is 13.2 Å². The van der Waals surface area contributed by atoms with Crippen LogP contribution in [0.25, 0.3) is 10.9 Å². The summed E-state index contributed by atoms with van der Waals surface area (Å²) in [6, 6.07) is 10.4. The third kappa shape index (κ3) is 5.05. The molecule has 204 valence electrons. The maximum atomic E-state index is 13.9. The normalized spacial score (nSPS) is 19.2. The number of nitrogens with zero attached hydrogens (tertiary/aromatic N) is 1. The van der Waals surface area contributed by atoms with Crippen LogP contribution in [0.15, 0.2) is 36.4 Å². The summed E-state index contributed by atoms with van der Waals surface area (Å²) < 4.78 is 50.8. The van der Waals surface area contributed by atoms with Crippen molar-refractivity contribution >= 4 is 39.5 Å². The molecule has 2 aliphatic rings. The van der Waals surface area contributed by atoms with Crippen LogP contribution >= 0.6 is 22.6 Å². The van der Waals surface area contributed by atoms with E-state index in [0.717, 1.165) is 58.8 Å². The van der Waals surface area contributed by atoms with Gasteiger partial charge in [-0.05, 0) is 88.6 Å². The highest BCUT2D eigenvalue weighted by molar-refractivity contribution is 14.1. The number of fused-ring (bicyclic) bond motifs is 3. The van der Waals surface area contributed by atoms with Crippen LogP contribution in [-0.2, 0) is 24.1 Å². The highest BCUT2D eigenvalue weighted by atomic mass is 127. The van der Waals surface area contributed by atoms with Gasteiger partial charge in [0.05, 0.1) is 11.5 Å². The Bertz CT molecular complexity index is 1370. The molecular formula is C30H33F3INO3. The largest absolute Gasteiger partial charge is 0.489 e. The first-order valence-corrected chi connectivity index (χ1v) is 14.3. The van der Waals surface area contributed by atoms with E-state index in [1.807, 2.05) is 39.0 Å². The summed E-state index contributed by atoms with van der Waals surface area (Å²) in [5.74, 6) is -0.818. The zero-order valence-corrected chi connectivity index (χ0v) is 24.0. The Kier molecular flexibility index (Phi) is 7.24. The van der Waals surface area contributed by atoms with E-state index in [1.54, 1.807) is 12.1 Å². The van der Waals surface area contributed by atoms with Gasteiger partial charge in [-0.25, -0.2) is 0 Å². The molecule has 3 aromatic rings. The number of aliphatic carboxylic acids is 1. The second-order valence-electron chi connectivity index (χ2n) is 11.8. The fourth-order valence-electron chi connectivity index (χ4n) is 6.58. The average molecular weight is 639 g/mol. The van der Waals surface area contributed by atoms with Crippen molar-refractivity contribution in [3.8, 4) is 5.75 Å². The molecule has 2 aromatic carbocycles. The van der Waals surface area contributed by atoms with Gasteiger partial charge in [-0.3, -0.25) is 4.79 Å². The van der Waals surface area contributed by atoms with Gasteiger partial charge in [0.1, 0.15) is 12.4 Å². The van der Waals surface area contributed by atoms with Crippen molar-refractivity contribution in [3.05, 3.63) is 62.4 Å². The smallest absolute Gasteiger partial charge is 0.416 e.